The first-order chi connectivity index (χ1) is 14.6. The van der Waals surface area contributed by atoms with Crippen molar-refractivity contribution in [2.24, 2.45) is 0 Å². The Labute approximate surface area is 176 Å². The molecule has 0 fully saturated rings. The Morgan fingerprint density at radius 3 is 2.17 bits per heavy atom. The topological polar surface area (TPSA) is 54.0 Å². The number of carbonyl (C=O) groups is 1. The van der Waals surface area contributed by atoms with Crippen molar-refractivity contribution >= 4 is 11.9 Å². The van der Waals surface area contributed by atoms with E-state index in [4.69, 9.17) is 18.9 Å². The molecule has 3 rings (SSSR count). The third-order valence-electron chi connectivity index (χ3n) is 4.48. The second-order valence-corrected chi connectivity index (χ2v) is 6.46. The molecular weight excluding hydrogens is 380 g/mol. The van der Waals surface area contributed by atoms with E-state index in [-0.39, 0.29) is 5.78 Å². The van der Waals surface area contributed by atoms with Gasteiger partial charge in [0, 0.05) is 5.56 Å². The van der Waals surface area contributed by atoms with Crippen LogP contribution in [0, 0.1) is 0 Å². The molecule has 0 saturated carbocycles. The molecule has 30 heavy (non-hydrogen) atoms. The third kappa shape index (κ3) is 5.20. The second-order valence-electron chi connectivity index (χ2n) is 6.46. The van der Waals surface area contributed by atoms with Crippen molar-refractivity contribution in [2.45, 2.75) is 6.61 Å². The fraction of sp³-hybridized carbons (Fsp3) is 0.160. The summed E-state index contributed by atoms with van der Waals surface area (Å²) < 4.78 is 21.8. The van der Waals surface area contributed by atoms with Gasteiger partial charge in [0.1, 0.15) is 12.4 Å². The van der Waals surface area contributed by atoms with E-state index in [1.165, 1.54) is 27.4 Å². The molecule has 154 valence electrons. The van der Waals surface area contributed by atoms with E-state index in [0.29, 0.717) is 29.4 Å². The van der Waals surface area contributed by atoms with Crippen molar-refractivity contribution in [2.75, 3.05) is 21.3 Å². The summed E-state index contributed by atoms with van der Waals surface area (Å²) >= 11 is 0. The highest BCUT2D eigenvalue weighted by Crippen LogP contribution is 2.38. The second kappa shape index (κ2) is 10.2. The van der Waals surface area contributed by atoms with Crippen LogP contribution in [0.5, 0.6) is 23.0 Å². The zero-order chi connectivity index (χ0) is 21.3. The third-order valence-corrected chi connectivity index (χ3v) is 4.48. The first-order valence-electron chi connectivity index (χ1n) is 9.44. The van der Waals surface area contributed by atoms with E-state index in [2.05, 4.69) is 0 Å². The lowest BCUT2D eigenvalue weighted by atomic mass is 10.1. The molecule has 3 aromatic carbocycles. The Morgan fingerprint density at radius 1 is 0.833 bits per heavy atom. The fourth-order valence-electron chi connectivity index (χ4n) is 2.94. The van der Waals surface area contributed by atoms with Gasteiger partial charge < -0.3 is 18.9 Å². The minimum atomic E-state index is -0.176. The van der Waals surface area contributed by atoms with Crippen LogP contribution >= 0.6 is 0 Å². The molecule has 0 aromatic heterocycles. The SMILES string of the molecule is COc1cc(C(=O)C=Cc2cccc(OCc3ccccc3)c2)cc(OC)c1OC. The summed E-state index contributed by atoms with van der Waals surface area (Å²) in [5.74, 6) is 1.88. The molecule has 0 aliphatic rings. The molecule has 0 aliphatic carbocycles. The molecule has 0 atom stereocenters. The van der Waals surface area contributed by atoms with Gasteiger partial charge in [-0.2, -0.15) is 0 Å². The number of ketones is 1. The summed E-state index contributed by atoms with van der Waals surface area (Å²) in [4.78, 5) is 12.7. The van der Waals surface area contributed by atoms with Crippen LogP contribution in [0.2, 0.25) is 0 Å². The largest absolute Gasteiger partial charge is 0.493 e. The first kappa shape index (κ1) is 21.0. The predicted molar refractivity (Wildman–Crippen MR) is 117 cm³/mol. The predicted octanol–water partition coefficient (Wildman–Crippen LogP) is 5.19. The zero-order valence-electron chi connectivity index (χ0n) is 17.3. The normalized spacial score (nSPS) is 10.6. The Kier molecular flexibility index (Phi) is 7.11. The molecule has 0 radical (unpaired) electrons. The quantitative estimate of drug-likeness (QED) is 0.363. The maximum Gasteiger partial charge on any atom is 0.203 e. The van der Waals surface area contributed by atoms with Crippen LogP contribution in [0.3, 0.4) is 0 Å². The number of carbonyl (C=O) groups excluding carboxylic acids is 1. The maximum atomic E-state index is 12.7. The lowest BCUT2D eigenvalue weighted by molar-refractivity contribution is 0.104. The molecule has 5 heteroatoms. The standard InChI is InChI=1S/C25H24O5/c1-27-23-15-20(16-24(28-2)25(23)29-3)22(26)13-12-18-10-7-11-21(14-18)30-17-19-8-5-4-6-9-19/h4-16H,17H2,1-3H3. The number of methoxy groups -OCH3 is 3. The van der Waals surface area contributed by atoms with Crippen LogP contribution < -0.4 is 18.9 Å². The van der Waals surface area contributed by atoms with Crippen LogP contribution in [0.4, 0.5) is 0 Å². The van der Waals surface area contributed by atoms with Gasteiger partial charge in [-0.25, -0.2) is 0 Å². The number of hydrogen-bond donors (Lipinski definition) is 0. The highest BCUT2D eigenvalue weighted by molar-refractivity contribution is 6.07. The Balaban J connectivity index is 1.73. The van der Waals surface area contributed by atoms with E-state index >= 15 is 0 Å². The summed E-state index contributed by atoms with van der Waals surface area (Å²) in [5, 5.41) is 0. The van der Waals surface area contributed by atoms with E-state index in [9.17, 15) is 4.79 Å². The summed E-state index contributed by atoms with van der Waals surface area (Å²) in [7, 11) is 4.55. The Bertz CT molecular complexity index is 1000. The lowest BCUT2D eigenvalue weighted by Gasteiger charge is -2.13. The van der Waals surface area contributed by atoms with Crippen molar-refractivity contribution in [3.63, 3.8) is 0 Å². The minimum absolute atomic E-state index is 0.176. The van der Waals surface area contributed by atoms with Crippen molar-refractivity contribution < 1.29 is 23.7 Å². The molecule has 0 N–H and O–H groups in total. The van der Waals surface area contributed by atoms with Gasteiger partial charge in [0.05, 0.1) is 21.3 Å². The van der Waals surface area contributed by atoms with Gasteiger partial charge in [-0.1, -0.05) is 48.5 Å². The van der Waals surface area contributed by atoms with E-state index in [0.717, 1.165) is 16.9 Å². The highest BCUT2D eigenvalue weighted by Gasteiger charge is 2.15. The van der Waals surface area contributed by atoms with Crippen LogP contribution in [0.25, 0.3) is 6.08 Å². The molecule has 3 aromatic rings. The molecular formula is C25H24O5. The number of ether oxygens (including phenoxy) is 4. The smallest absolute Gasteiger partial charge is 0.203 e. The van der Waals surface area contributed by atoms with E-state index in [1.54, 1.807) is 18.2 Å². The summed E-state index contributed by atoms with van der Waals surface area (Å²) in [6.07, 6.45) is 3.26. The molecule has 0 heterocycles. The number of hydrogen-bond acceptors (Lipinski definition) is 5. The summed E-state index contributed by atoms with van der Waals surface area (Å²) in [6, 6.07) is 20.8. The van der Waals surface area contributed by atoms with Gasteiger partial charge >= 0.3 is 0 Å². The molecule has 0 aliphatic heterocycles. The van der Waals surface area contributed by atoms with Crippen molar-refractivity contribution in [1.82, 2.24) is 0 Å². The monoisotopic (exact) mass is 404 g/mol. The lowest BCUT2D eigenvalue weighted by Crippen LogP contribution is -2.00. The minimum Gasteiger partial charge on any atom is -0.493 e. The molecule has 0 bridgehead atoms. The maximum absolute atomic E-state index is 12.7. The molecule has 0 spiro atoms. The van der Waals surface area contributed by atoms with Crippen LogP contribution in [0.15, 0.2) is 72.8 Å². The summed E-state index contributed by atoms with van der Waals surface area (Å²) in [5.41, 5.74) is 2.40. The molecule has 0 unspecified atom stereocenters. The average Bonchev–Trinajstić information content (AvgIpc) is 2.81. The van der Waals surface area contributed by atoms with Crippen LogP contribution in [-0.2, 0) is 6.61 Å². The first-order valence-corrected chi connectivity index (χ1v) is 9.44. The van der Waals surface area contributed by atoms with Gasteiger partial charge in [-0.05, 0) is 41.5 Å². The van der Waals surface area contributed by atoms with Gasteiger partial charge in [0.25, 0.3) is 0 Å². The van der Waals surface area contributed by atoms with E-state index < -0.39 is 0 Å². The Morgan fingerprint density at radius 2 is 1.53 bits per heavy atom. The van der Waals surface area contributed by atoms with Gasteiger partial charge in [0.15, 0.2) is 17.3 Å². The Hall–Kier alpha value is -3.73. The van der Waals surface area contributed by atoms with Crippen molar-refractivity contribution in [1.29, 1.82) is 0 Å². The highest BCUT2D eigenvalue weighted by atomic mass is 16.5. The number of allylic oxidation sites excluding steroid dienone is 1. The van der Waals surface area contributed by atoms with E-state index in [1.807, 2.05) is 54.6 Å². The van der Waals surface area contributed by atoms with Crippen LogP contribution in [-0.4, -0.2) is 27.1 Å². The van der Waals surface area contributed by atoms with Crippen LogP contribution in [0.1, 0.15) is 21.5 Å². The molecule has 0 saturated heterocycles. The van der Waals surface area contributed by atoms with Gasteiger partial charge in [-0.15, -0.1) is 0 Å². The van der Waals surface area contributed by atoms with Crippen molar-refractivity contribution in [3.05, 3.63) is 89.5 Å². The number of benzene rings is 3. The number of rotatable bonds is 9. The van der Waals surface area contributed by atoms with Gasteiger partial charge in [0.2, 0.25) is 5.75 Å². The van der Waals surface area contributed by atoms with Crippen molar-refractivity contribution in [3.8, 4) is 23.0 Å². The zero-order valence-corrected chi connectivity index (χ0v) is 17.3. The molecule has 5 nitrogen and oxygen atoms in total. The molecule has 0 amide bonds. The average molecular weight is 404 g/mol. The van der Waals surface area contributed by atoms with Gasteiger partial charge in [-0.3, -0.25) is 4.79 Å². The summed E-state index contributed by atoms with van der Waals surface area (Å²) in [6.45, 7) is 0.484. The fourth-order valence-corrected chi connectivity index (χ4v) is 2.94.